The summed E-state index contributed by atoms with van der Waals surface area (Å²) in [7, 11) is 0. The molecule has 0 saturated carbocycles. The Morgan fingerprint density at radius 1 is 1.09 bits per heavy atom. The normalized spacial score (nSPS) is 26.5. The van der Waals surface area contributed by atoms with Gasteiger partial charge >= 0.3 is 0 Å². The van der Waals surface area contributed by atoms with Crippen molar-refractivity contribution in [2.45, 2.75) is 44.9 Å². The zero-order valence-electron chi connectivity index (χ0n) is 14.6. The average molecular weight is 348 g/mol. The molecule has 2 saturated heterocycles. The molecule has 4 nitrogen and oxygen atoms in total. The smallest absolute Gasteiger partial charge is 0.101 e. The van der Waals surface area contributed by atoms with Crippen LogP contribution in [0.2, 0.25) is 0 Å². The van der Waals surface area contributed by atoms with Crippen molar-refractivity contribution in [2.24, 2.45) is 0 Å². The lowest BCUT2D eigenvalue weighted by molar-refractivity contribution is 0.0369. The molecule has 0 aromatic rings. The molecule has 0 aliphatic carbocycles. The van der Waals surface area contributed by atoms with Crippen LogP contribution >= 0.6 is 11.6 Å². The zero-order chi connectivity index (χ0) is 16.5. The van der Waals surface area contributed by atoms with Crippen LogP contribution in [0.5, 0.6) is 0 Å². The Balaban J connectivity index is 1.66. The molecule has 2 atom stereocenters. The third kappa shape index (κ3) is 6.83. The van der Waals surface area contributed by atoms with E-state index < -0.39 is 6.17 Å². The van der Waals surface area contributed by atoms with Crippen molar-refractivity contribution in [3.63, 3.8) is 0 Å². The van der Waals surface area contributed by atoms with E-state index in [4.69, 9.17) is 16.9 Å². The summed E-state index contributed by atoms with van der Waals surface area (Å²) in [5.74, 6) is 0.772. The van der Waals surface area contributed by atoms with Crippen LogP contribution < -0.4 is 5.32 Å². The molecule has 23 heavy (non-hydrogen) atoms. The van der Waals surface area contributed by atoms with Crippen molar-refractivity contribution in [1.82, 2.24) is 20.0 Å². The van der Waals surface area contributed by atoms with Gasteiger partial charge in [-0.25, -0.2) is 9.71 Å². The van der Waals surface area contributed by atoms with Gasteiger partial charge in [0.25, 0.3) is 0 Å². The molecule has 0 spiro atoms. The molecule has 0 aromatic heterocycles. The summed E-state index contributed by atoms with van der Waals surface area (Å²) in [6, 6.07) is 0. The topological polar surface area (TPSA) is 23.8 Å². The van der Waals surface area contributed by atoms with Gasteiger partial charge in [0.1, 0.15) is 6.17 Å². The lowest BCUT2D eigenvalue weighted by Gasteiger charge is -2.43. The summed E-state index contributed by atoms with van der Waals surface area (Å²) >= 11 is 5.74. The van der Waals surface area contributed by atoms with Crippen molar-refractivity contribution < 1.29 is 4.39 Å². The SMILES string of the molecule is CCC(F)CCN1CC[N]C(N2CCN(CCCCCl)CC2)C1. The molecule has 0 aromatic carbocycles. The summed E-state index contributed by atoms with van der Waals surface area (Å²) in [6.07, 6.45) is 3.28. The van der Waals surface area contributed by atoms with Gasteiger partial charge in [-0.1, -0.05) is 6.92 Å². The molecule has 135 valence electrons. The quantitative estimate of drug-likeness (QED) is 0.471. The number of hydrogen-bond donors (Lipinski definition) is 0. The minimum Gasteiger partial charge on any atom is -0.301 e. The predicted molar refractivity (Wildman–Crippen MR) is 95.0 cm³/mol. The van der Waals surface area contributed by atoms with Gasteiger partial charge in [-0.05, 0) is 32.2 Å². The Labute approximate surface area is 146 Å². The summed E-state index contributed by atoms with van der Waals surface area (Å²) in [5.41, 5.74) is 0. The van der Waals surface area contributed by atoms with E-state index in [0.717, 1.165) is 64.7 Å². The first-order chi connectivity index (χ1) is 11.2. The molecule has 2 rings (SSSR count). The Kier molecular flexibility index (Phi) is 9.13. The fraction of sp³-hybridized carbons (Fsp3) is 1.00. The maximum atomic E-state index is 13.4. The maximum absolute atomic E-state index is 13.4. The number of alkyl halides is 2. The van der Waals surface area contributed by atoms with Crippen LogP contribution in [0.15, 0.2) is 0 Å². The molecular weight excluding hydrogens is 315 g/mol. The second-order valence-corrected chi connectivity index (χ2v) is 7.13. The first kappa shape index (κ1) is 19.4. The average Bonchev–Trinajstić information content (AvgIpc) is 2.61. The monoisotopic (exact) mass is 347 g/mol. The van der Waals surface area contributed by atoms with E-state index in [1.165, 1.54) is 13.0 Å². The van der Waals surface area contributed by atoms with Crippen molar-refractivity contribution in [3.05, 3.63) is 0 Å². The third-order valence-electron chi connectivity index (χ3n) is 5.07. The molecule has 2 heterocycles. The molecule has 2 fully saturated rings. The maximum Gasteiger partial charge on any atom is 0.101 e. The number of piperazine rings is 2. The highest BCUT2D eigenvalue weighted by Crippen LogP contribution is 2.12. The van der Waals surface area contributed by atoms with E-state index in [9.17, 15) is 4.39 Å². The number of halogens is 2. The number of unbranched alkanes of at least 4 members (excludes halogenated alkanes) is 1. The molecular formula is C17H33ClFN4. The third-order valence-corrected chi connectivity index (χ3v) is 5.33. The van der Waals surface area contributed by atoms with Crippen LogP contribution in [0.4, 0.5) is 4.39 Å². The van der Waals surface area contributed by atoms with Crippen LogP contribution in [-0.4, -0.2) is 91.8 Å². The van der Waals surface area contributed by atoms with E-state index in [0.29, 0.717) is 19.0 Å². The van der Waals surface area contributed by atoms with Crippen molar-refractivity contribution in [1.29, 1.82) is 0 Å². The Morgan fingerprint density at radius 2 is 1.87 bits per heavy atom. The van der Waals surface area contributed by atoms with Gasteiger partial charge < -0.3 is 4.90 Å². The van der Waals surface area contributed by atoms with Crippen molar-refractivity contribution in [2.75, 3.05) is 64.8 Å². The van der Waals surface area contributed by atoms with Gasteiger partial charge in [-0.2, -0.15) is 0 Å². The standard InChI is InChI=1S/C17H33ClFN4/c1-2-16(19)5-9-22-10-7-20-17(15-22)23-13-11-21(12-14-23)8-4-3-6-18/h16-17H,2-15H2,1H3. The zero-order valence-corrected chi connectivity index (χ0v) is 15.4. The number of nitrogens with zero attached hydrogens (tertiary/aromatic N) is 4. The van der Waals surface area contributed by atoms with Crippen LogP contribution in [0.1, 0.15) is 32.6 Å². The summed E-state index contributed by atoms with van der Waals surface area (Å²) in [6.45, 7) is 11.3. The summed E-state index contributed by atoms with van der Waals surface area (Å²) in [5, 5.41) is 4.81. The van der Waals surface area contributed by atoms with Crippen LogP contribution in [0.25, 0.3) is 0 Å². The highest BCUT2D eigenvalue weighted by molar-refractivity contribution is 6.17. The fourth-order valence-corrected chi connectivity index (χ4v) is 3.59. The van der Waals surface area contributed by atoms with E-state index >= 15 is 0 Å². The Bertz CT molecular complexity index is 313. The summed E-state index contributed by atoms with van der Waals surface area (Å²) in [4.78, 5) is 7.45. The Morgan fingerprint density at radius 3 is 2.57 bits per heavy atom. The molecule has 0 amide bonds. The van der Waals surface area contributed by atoms with Gasteiger partial charge in [0.15, 0.2) is 0 Å². The van der Waals surface area contributed by atoms with Gasteiger partial charge in [-0.15, -0.1) is 11.6 Å². The molecule has 0 N–H and O–H groups in total. The number of hydrogen-bond acceptors (Lipinski definition) is 3. The lowest BCUT2D eigenvalue weighted by atomic mass is 10.2. The minimum absolute atomic E-state index is 0.313. The van der Waals surface area contributed by atoms with E-state index in [1.54, 1.807) is 0 Å². The molecule has 2 unspecified atom stereocenters. The van der Waals surface area contributed by atoms with E-state index in [-0.39, 0.29) is 0 Å². The largest absolute Gasteiger partial charge is 0.301 e. The lowest BCUT2D eigenvalue weighted by Crippen LogP contribution is -2.59. The van der Waals surface area contributed by atoms with Crippen molar-refractivity contribution >= 4 is 11.6 Å². The van der Waals surface area contributed by atoms with Crippen LogP contribution in [0, 0.1) is 0 Å². The molecule has 6 heteroatoms. The van der Waals surface area contributed by atoms with E-state index in [2.05, 4.69) is 14.7 Å². The highest BCUT2D eigenvalue weighted by atomic mass is 35.5. The predicted octanol–water partition coefficient (Wildman–Crippen LogP) is 2.01. The fourth-order valence-electron chi connectivity index (χ4n) is 3.40. The molecule has 2 aliphatic heterocycles. The van der Waals surface area contributed by atoms with Crippen molar-refractivity contribution in [3.8, 4) is 0 Å². The van der Waals surface area contributed by atoms with Crippen LogP contribution in [-0.2, 0) is 0 Å². The van der Waals surface area contributed by atoms with Gasteiger partial charge in [0, 0.05) is 58.2 Å². The first-order valence-electron chi connectivity index (χ1n) is 9.28. The molecule has 1 radical (unpaired) electrons. The van der Waals surface area contributed by atoms with E-state index in [1.807, 2.05) is 6.92 Å². The minimum atomic E-state index is -0.649. The second kappa shape index (κ2) is 10.8. The molecule has 0 bridgehead atoms. The first-order valence-corrected chi connectivity index (χ1v) is 9.81. The van der Waals surface area contributed by atoms with Gasteiger partial charge in [-0.3, -0.25) is 9.80 Å². The number of rotatable bonds is 9. The molecule has 2 aliphatic rings. The van der Waals surface area contributed by atoms with Gasteiger partial charge in [0.05, 0.1) is 6.17 Å². The second-order valence-electron chi connectivity index (χ2n) is 6.76. The highest BCUT2D eigenvalue weighted by Gasteiger charge is 2.28. The summed E-state index contributed by atoms with van der Waals surface area (Å²) < 4.78 is 13.4. The Hall–Kier alpha value is 0.0600. The van der Waals surface area contributed by atoms with Crippen LogP contribution in [0.3, 0.4) is 0 Å². The van der Waals surface area contributed by atoms with Gasteiger partial charge in [0.2, 0.25) is 0 Å².